The van der Waals surface area contributed by atoms with Crippen molar-refractivity contribution in [2.75, 3.05) is 13.7 Å². The lowest BCUT2D eigenvalue weighted by Gasteiger charge is -2.35. The number of hydrogen-bond acceptors (Lipinski definition) is 4. The number of amides is 2. The van der Waals surface area contributed by atoms with Gasteiger partial charge in [-0.1, -0.05) is 32.0 Å². The summed E-state index contributed by atoms with van der Waals surface area (Å²) >= 11 is 0. The number of nitrogens with one attached hydrogen (secondary N) is 1. The Morgan fingerprint density at radius 2 is 1.65 bits per heavy atom. The molecule has 0 aromatic heterocycles. The minimum Gasteiger partial charge on any atom is -0.497 e. The van der Waals surface area contributed by atoms with Crippen LogP contribution in [0.5, 0.6) is 5.75 Å². The summed E-state index contributed by atoms with van der Waals surface area (Å²) in [4.78, 5) is 40.9. The summed E-state index contributed by atoms with van der Waals surface area (Å²) < 4.78 is 89.5. The largest absolute Gasteiger partial charge is 0.497 e. The summed E-state index contributed by atoms with van der Waals surface area (Å²) in [6.45, 7) is 3.12. The Bertz CT molecular complexity index is 1380. The number of benzene rings is 2. The number of rotatable bonds is 6. The third-order valence-electron chi connectivity index (χ3n) is 7.08. The van der Waals surface area contributed by atoms with Crippen LogP contribution < -0.4 is 10.1 Å². The molecule has 2 aromatic rings. The second kappa shape index (κ2) is 9.97. The van der Waals surface area contributed by atoms with Crippen LogP contribution in [0.3, 0.4) is 0 Å². The van der Waals surface area contributed by atoms with Crippen LogP contribution in [0.4, 0.5) is 26.3 Å². The summed E-state index contributed by atoms with van der Waals surface area (Å²) in [6, 6.07) is 9.47. The zero-order chi connectivity index (χ0) is 29.7. The van der Waals surface area contributed by atoms with Crippen LogP contribution in [0.15, 0.2) is 59.8 Å². The number of Topliss-reactive ketones (excluding diaryl/α,β-unsaturated/α-hetero) is 1. The quantitative estimate of drug-likeness (QED) is 0.469. The van der Waals surface area contributed by atoms with Crippen LogP contribution in [-0.2, 0) is 22.2 Å². The molecule has 2 aromatic carbocycles. The lowest BCUT2D eigenvalue weighted by Crippen LogP contribution is -2.66. The fourth-order valence-electron chi connectivity index (χ4n) is 5.17. The van der Waals surface area contributed by atoms with Crippen LogP contribution in [0.1, 0.15) is 48.2 Å². The van der Waals surface area contributed by atoms with Gasteiger partial charge in [0.2, 0.25) is 5.54 Å². The number of carbonyl (C=O) groups is 3. The SMILES string of the molecule is COc1ccc(CCN2C(=O)[C@@](NC(=O)c3cccc(C(F)(F)F)c3)(C(F)(F)F)C3=C2CC(C)(C)CC3=O)cc1. The van der Waals surface area contributed by atoms with Crippen molar-refractivity contribution in [3.8, 4) is 5.75 Å². The van der Waals surface area contributed by atoms with Crippen molar-refractivity contribution in [1.29, 1.82) is 0 Å². The van der Waals surface area contributed by atoms with Gasteiger partial charge in [0.25, 0.3) is 11.8 Å². The molecule has 0 spiro atoms. The van der Waals surface area contributed by atoms with E-state index in [0.29, 0.717) is 23.4 Å². The smallest absolute Gasteiger partial charge is 0.425 e. The Hall–Kier alpha value is -3.83. The topological polar surface area (TPSA) is 75.7 Å². The maximum Gasteiger partial charge on any atom is 0.425 e. The van der Waals surface area contributed by atoms with Crippen molar-refractivity contribution in [1.82, 2.24) is 10.2 Å². The van der Waals surface area contributed by atoms with E-state index < -0.39 is 57.6 Å². The molecule has 4 rings (SSSR count). The average Bonchev–Trinajstić information content (AvgIpc) is 3.09. The fourth-order valence-corrected chi connectivity index (χ4v) is 5.17. The van der Waals surface area contributed by atoms with E-state index in [0.717, 1.165) is 17.0 Å². The van der Waals surface area contributed by atoms with E-state index in [1.807, 2.05) is 0 Å². The molecular weight excluding hydrogens is 542 g/mol. The molecule has 0 radical (unpaired) electrons. The normalized spacial score (nSPS) is 21.0. The second-order valence-electron chi connectivity index (χ2n) is 10.6. The number of ketones is 1. The Morgan fingerprint density at radius 1 is 1.00 bits per heavy atom. The van der Waals surface area contributed by atoms with Gasteiger partial charge >= 0.3 is 12.4 Å². The minimum atomic E-state index is -5.48. The van der Waals surface area contributed by atoms with Crippen molar-refractivity contribution < 1.29 is 45.5 Å². The highest BCUT2D eigenvalue weighted by molar-refractivity contribution is 6.14. The number of allylic oxidation sites excluding steroid dienone is 1. The Morgan fingerprint density at radius 3 is 2.23 bits per heavy atom. The summed E-state index contributed by atoms with van der Waals surface area (Å²) in [5.41, 5.74) is -6.89. The molecule has 0 fully saturated rings. The zero-order valence-corrected chi connectivity index (χ0v) is 21.8. The number of hydrogen-bond donors (Lipinski definition) is 1. The maximum atomic E-state index is 14.9. The van der Waals surface area contributed by atoms with Gasteiger partial charge in [-0.25, -0.2) is 0 Å². The predicted molar refractivity (Wildman–Crippen MR) is 131 cm³/mol. The number of ether oxygens (including phenoxy) is 1. The Balaban J connectivity index is 1.78. The first kappa shape index (κ1) is 29.2. The Labute approximate surface area is 226 Å². The highest BCUT2D eigenvalue weighted by Crippen LogP contribution is 2.51. The molecule has 1 aliphatic carbocycles. The van der Waals surface area contributed by atoms with E-state index in [9.17, 15) is 40.7 Å². The van der Waals surface area contributed by atoms with E-state index in [4.69, 9.17) is 4.74 Å². The summed E-state index contributed by atoms with van der Waals surface area (Å²) in [6.07, 6.45) is -10.6. The standard InChI is InChI=1S/C28H26F6N2O4/c1-25(2)14-20-22(21(37)15-25)26(28(32,33)34,35-23(38)17-5-4-6-18(13-17)27(29,30)31)24(39)36(20)12-11-16-7-9-19(40-3)10-8-16/h4-10,13H,11-12,14-15H2,1-3H3,(H,35,38)/t26-/m1/s1. The first-order chi connectivity index (χ1) is 18.5. The van der Waals surface area contributed by atoms with E-state index in [2.05, 4.69) is 0 Å². The van der Waals surface area contributed by atoms with Crippen LogP contribution >= 0.6 is 0 Å². The zero-order valence-electron chi connectivity index (χ0n) is 21.8. The second-order valence-corrected chi connectivity index (χ2v) is 10.6. The van der Waals surface area contributed by atoms with Gasteiger partial charge in [0.15, 0.2) is 5.78 Å². The molecule has 0 saturated heterocycles. The van der Waals surface area contributed by atoms with E-state index >= 15 is 0 Å². The van der Waals surface area contributed by atoms with Crippen LogP contribution in [0, 0.1) is 5.41 Å². The molecule has 1 N–H and O–H groups in total. The summed E-state index contributed by atoms with van der Waals surface area (Å²) in [7, 11) is 1.47. The first-order valence-electron chi connectivity index (χ1n) is 12.3. The molecule has 40 heavy (non-hydrogen) atoms. The van der Waals surface area contributed by atoms with Crippen molar-refractivity contribution >= 4 is 17.6 Å². The monoisotopic (exact) mass is 568 g/mol. The molecular formula is C28H26F6N2O4. The molecule has 0 saturated carbocycles. The summed E-state index contributed by atoms with van der Waals surface area (Å²) in [5, 5.41) is 1.66. The molecule has 12 heteroatoms. The van der Waals surface area contributed by atoms with Gasteiger partial charge in [-0.05, 0) is 54.2 Å². The molecule has 2 aliphatic rings. The van der Waals surface area contributed by atoms with Gasteiger partial charge in [-0.3, -0.25) is 14.4 Å². The lowest BCUT2D eigenvalue weighted by molar-refractivity contribution is -0.190. The fraction of sp³-hybridized carbons (Fsp3) is 0.393. The maximum absolute atomic E-state index is 14.9. The van der Waals surface area contributed by atoms with E-state index in [1.54, 1.807) is 43.4 Å². The predicted octanol–water partition coefficient (Wildman–Crippen LogP) is 5.47. The van der Waals surface area contributed by atoms with Crippen LogP contribution in [-0.4, -0.2) is 47.9 Å². The third-order valence-corrected chi connectivity index (χ3v) is 7.08. The number of alkyl halides is 6. The number of methoxy groups -OCH3 is 1. The van der Waals surface area contributed by atoms with E-state index in [1.165, 1.54) is 7.11 Å². The van der Waals surface area contributed by atoms with Gasteiger partial charge in [-0.2, -0.15) is 26.3 Å². The van der Waals surface area contributed by atoms with Gasteiger partial charge in [-0.15, -0.1) is 0 Å². The van der Waals surface area contributed by atoms with Crippen LogP contribution in [0.2, 0.25) is 0 Å². The molecule has 1 heterocycles. The van der Waals surface area contributed by atoms with Crippen molar-refractivity contribution in [2.24, 2.45) is 5.41 Å². The summed E-state index contributed by atoms with van der Waals surface area (Å²) in [5.74, 6) is -3.56. The van der Waals surface area contributed by atoms with Gasteiger partial charge < -0.3 is 15.0 Å². The highest BCUT2D eigenvalue weighted by Gasteiger charge is 2.71. The van der Waals surface area contributed by atoms with Gasteiger partial charge in [0, 0.05) is 24.2 Å². The highest BCUT2D eigenvalue weighted by atomic mass is 19.4. The number of carbonyl (C=O) groups excluding carboxylic acids is 3. The number of nitrogens with zero attached hydrogens (tertiary/aromatic N) is 1. The Kier molecular flexibility index (Phi) is 7.27. The molecule has 6 nitrogen and oxygen atoms in total. The number of halogens is 6. The first-order valence-corrected chi connectivity index (χ1v) is 12.3. The molecule has 1 atom stereocenters. The molecule has 0 bridgehead atoms. The van der Waals surface area contributed by atoms with Gasteiger partial charge in [0.1, 0.15) is 5.75 Å². The van der Waals surface area contributed by atoms with Crippen LogP contribution in [0.25, 0.3) is 0 Å². The molecule has 1 aliphatic heterocycles. The third kappa shape index (κ3) is 5.18. The minimum absolute atomic E-state index is 0.0559. The van der Waals surface area contributed by atoms with Crippen molar-refractivity contribution in [2.45, 2.75) is 51.0 Å². The van der Waals surface area contributed by atoms with Crippen molar-refractivity contribution in [3.63, 3.8) is 0 Å². The van der Waals surface area contributed by atoms with Gasteiger partial charge in [0.05, 0.1) is 18.2 Å². The van der Waals surface area contributed by atoms with Crippen molar-refractivity contribution in [3.05, 3.63) is 76.5 Å². The lowest BCUT2D eigenvalue weighted by atomic mass is 9.72. The average molecular weight is 569 g/mol. The molecule has 0 unspecified atom stereocenters. The molecule has 214 valence electrons. The molecule has 2 amide bonds. The van der Waals surface area contributed by atoms with E-state index in [-0.39, 0.29) is 31.5 Å².